The molecule has 0 aromatic carbocycles. The van der Waals surface area contributed by atoms with E-state index in [2.05, 4.69) is 31.3 Å². The van der Waals surface area contributed by atoms with Gasteiger partial charge in [-0.15, -0.1) is 11.3 Å². The number of anilines is 1. The van der Waals surface area contributed by atoms with Crippen molar-refractivity contribution >= 4 is 38.3 Å². The molecule has 0 aliphatic carbocycles. The quantitative estimate of drug-likeness (QED) is 0.932. The maximum Gasteiger partial charge on any atom is 0.247 e. The zero-order valence-corrected chi connectivity index (χ0v) is 13.6. The van der Waals surface area contributed by atoms with Crippen LogP contribution in [0, 0.1) is 27.7 Å². The summed E-state index contributed by atoms with van der Waals surface area (Å²) >= 11 is 4.93. The molecule has 0 bridgehead atoms. The zero-order valence-electron chi connectivity index (χ0n) is 11.2. The Balaban J connectivity index is 2.07. The van der Waals surface area contributed by atoms with Crippen LogP contribution in [-0.4, -0.2) is 20.7 Å². The third-order valence-corrected chi connectivity index (χ3v) is 5.00. The fourth-order valence-electron chi connectivity index (χ4n) is 1.65. The molecule has 0 unspecified atom stereocenters. The smallest absolute Gasteiger partial charge is 0.247 e. The van der Waals surface area contributed by atoms with E-state index in [1.807, 2.05) is 27.7 Å². The standard InChI is InChI=1S/C12H15BrN4OS/c1-6-9(4)19-12(14-6)15-10(18)5-17-8(3)11(13)7(2)16-17/h5H2,1-4H3,(H,14,15,18). The summed E-state index contributed by atoms with van der Waals surface area (Å²) in [6, 6.07) is 0. The number of carbonyl (C=O) groups excluding carboxylic acids is 1. The summed E-state index contributed by atoms with van der Waals surface area (Å²) in [5.74, 6) is -0.119. The Morgan fingerprint density at radius 3 is 2.47 bits per heavy atom. The van der Waals surface area contributed by atoms with Gasteiger partial charge in [-0.3, -0.25) is 9.48 Å². The number of halogens is 1. The van der Waals surface area contributed by atoms with Crippen molar-refractivity contribution in [2.45, 2.75) is 34.2 Å². The number of aromatic nitrogens is 3. The summed E-state index contributed by atoms with van der Waals surface area (Å²) in [6.45, 7) is 7.93. The second-order valence-corrected chi connectivity index (χ2v) is 6.35. The van der Waals surface area contributed by atoms with E-state index in [1.165, 1.54) is 11.3 Å². The molecule has 0 aliphatic rings. The largest absolute Gasteiger partial charge is 0.300 e. The van der Waals surface area contributed by atoms with Crippen LogP contribution < -0.4 is 5.32 Å². The molecule has 1 amide bonds. The van der Waals surface area contributed by atoms with Gasteiger partial charge < -0.3 is 5.32 Å². The Bertz CT molecular complexity index is 612. The first-order valence-corrected chi connectivity index (χ1v) is 7.43. The summed E-state index contributed by atoms with van der Waals surface area (Å²) in [5, 5.41) is 7.75. The van der Waals surface area contributed by atoms with Gasteiger partial charge in [-0.05, 0) is 43.6 Å². The van der Waals surface area contributed by atoms with Crippen molar-refractivity contribution in [3.05, 3.63) is 26.4 Å². The highest BCUT2D eigenvalue weighted by Gasteiger charge is 2.13. The van der Waals surface area contributed by atoms with Crippen molar-refractivity contribution in [1.82, 2.24) is 14.8 Å². The third-order valence-electron chi connectivity index (χ3n) is 2.86. The first-order valence-electron chi connectivity index (χ1n) is 5.82. The molecule has 0 radical (unpaired) electrons. The Morgan fingerprint density at radius 1 is 1.32 bits per heavy atom. The second-order valence-electron chi connectivity index (χ2n) is 4.35. The first-order chi connectivity index (χ1) is 8.88. The van der Waals surface area contributed by atoms with Crippen molar-refractivity contribution in [1.29, 1.82) is 0 Å². The molecule has 2 heterocycles. The van der Waals surface area contributed by atoms with Crippen LogP contribution in [0.1, 0.15) is 22.0 Å². The molecule has 0 aliphatic heterocycles. The average Bonchev–Trinajstić information content (AvgIpc) is 2.75. The summed E-state index contributed by atoms with van der Waals surface area (Å²) in [6.07, 6.45) is 0. The van der Waals surface area contributed by atoms with E-state index < -0.39 is 0 Å². The average molecular weight is 343 g/mol. The third kappa shape index (κ3) is 3.03. The van der Waals surface area contributed by atoms with Gasteiger partial charge in [0.2, 0.25) is 5.91 Å². The number of amides is 1. The molecule has 7 heteroatoms. The molecular weight excluding hydrogens is 328 g/mol. The summed E-state index contributed by atoms with van der Waals surface area (Å²) < 4.78 is 2.63. The number of rotatable bonds is 3. The molecule has 2 aromatic rings. The van der Waals surface area contributed by atoms with E-state index in [0.29, 0.717) is 5.13 Å². The number of nitrogens with one attached hydrogen (secondary N) is 1. The molecule has 0 spiro atoms. The molecule has 0 fully saturated rings. The fourth-order valence-corrected chi connectivity index (χ4v) is 2.76. The van der Waals surface area contributed by atoms with Gasteiger partial charge in [-0.1, -0.05) is 0 Å². The maximum absolute atomic E-state index is 12.0. The van der Waals surface area contributed by atoms with Crippen LogP contribution in [0.3, 0.4) is 0 Å². The normalized spacial score (nSPS) is 10.8. The molecule has 5 nitrogen and oxygen atoms in total. The molecule has 2 aromatic heterocycles. The minimum atomic E-state index is -0.119. The van der Waals surface area contributed by atoms with Crippen LogP contribution in [0.4, 0.5) is 5.13 Å². The molecule has 1 N–H and O–H groups in total. The lowest BCUT2D eigenvalue weighted by Gasteiger charge is -2.04. The molecule has 0 saturated carbocycles. The van der Waals surface area contributed by atoms with Crippen LogP contribution >= 0.6 is 27.3 Å². The van der Waals surface area contributed by atoms with Crippen molar-refractivity contribution in [3.8, 4) is 0 Å². The fraction of sp³-hybridized carbons (Fsp3) is 0.417. The highest BCUT2D eigenvalue weighted by molar-refractivity contribution is 9.10. The van der Waals surface area contributed by atoms with E-state index in [1.54, 1.807) is 4.68 Å². The number of thiazole rings is 1. The van der Waals surface area contributed by atoms with Gasteiger partial charge in [0.1, 0.15) is 6.54 Å². The zero-order chi connectivity index (χ0) is 14.2. The number of carbonyl (C=O) groups is 1. The Kier molecular flexibility index (Phi) is 4.05. The molecular formula is C12H15BrN4OS. The Labute approximate surface area is 124 Å². The predicted molar refractivity (Wildman–Crippen MR) is 79.6 cm³/mol. The number of nitrogens with zero attached hydrogens (tertiary/aromatic N) is 3. The van der Waals surface area contributed by atoms with Crippen LogP contribution in [0.5, 0.6) is 0 Å². The monoisotopic (exact) mass is 342 g/mol. The molecule has 0 atom stereocenters. The Hall–Kier alpha value is -1.21. The van der Waals surface area contributed by atoms with E-state index in [0.717, 1.165) is 26.4 Å². The van der Waals surface area contributed by atoms with Crippen LogP contribution in [0.2, 0.25) is 0 Å². The first kappa shape index (κ1) is 14.2. The minimum Gasteiger partial charge on any atom is -0.300 e. The van der Waals surface area contributed by atoms with E-state index in [4.69, 9.17) is 0 Å². The van der Waals surface area contributed by atoms with Crippen molar-refractivity contribution in [2.24, 2.45) is 0 Å². The predicted octanol–water partition coefficient (Wildman–Crippen LogP) is 2.97. The highest BCUT2D eigenvalue weighted by Crippen LogP contribution is 2.22. The summed E-state index contributed by atoms with van der Waals surface area (Å²) in [4.78, 5) is 17.4. The summed E-state index contributed by atoms with van der Waals surface area (Å²) in [5.41, 5.74) is 2.78. The lowest BCUT2D eigenvalue weighted by atomic mass is 10.4. The highest BCUT2D eigenvalue weighted by atomic mass is 79.9. The molecule has 0 saturated heterocycles. The van der Waals surface area contributed by atoms with Gasteiger partial charge in [0.15, 0.2) is 5.13 Å². The van der Waals surface area contributed by atoms with E-state index in [-0.39, 0.29) is 12.5 Å². The van der Waals surface area contributed by atoms with Gasteiger partial charge in [0, 0.05) is 4.88 Å². The molecule has 102 valence electrons. The lowest BCUT2D eigenvalue weighted by Crippen LogP contribution is -2.20. The van der Waals surface area contributed by atoms with Crippen molar-refractivity contribution in [3.63, 3.8) is 0 Å². The topological polar surface area (TPSA) is 59.8 Å². The van der Waals surface area contributed by atoms with E-state index in [9.17, 15) is 4.79 Å². The SMILES string of the molecule is Cc1nc(NC(=O)Cn2nc(C)c(Br)c2C)sc1C. The van der Waals surface area contributed by atoms with Gasteiger partial charge in [0.05, 0.1) is 21.6 Å². The molecule has 2 rings (SSSR count). The van der Waals surface area contributed by atoms with E-state index >= 15 is 0 Å². The van der Waals surface area contributed by atoms with Crippen LogP contribution in [0.25, 0.3) is 0 Å². The number of hydrogen-bond donors (Lipinski definition) is 1. The van der Waals surface area contributed by atoms with Crippen molar-refractivity contribution in [2.75, 3.05) is 5.32 Å². The lowest BCUT2D eigenvalue weighted by molar-refractivity contribution is -0.116. The van der Waals surface area contributed by atoms with Gasteiger partial charge in [-0.25, -0.2) is 4.98 Å². The number of hydrogen-bond acceptors (Lipinski definition) is 4. The van der Waals surface area contributed by atoms with Crippen LogP contribution in [-0.2, 0) is 11.3 Å². The minimum absolute atomic E-state index is 0.119. The maximum atomic E-state index is 12.0. The van der Waals surface area contributed by atoms with Crippen molar-refractivity contribution < 1.29 is 4.79 Å². The second kappa shape index (κ2) is 5.42. The van der Waals surface area contributed by atoms with Gasteiger partial charge in [0.25, 0.3) is 0 Å². The summed E-state index contributed by atoms with van der Waals surface area (Å²) in [7, 11) is 0. The van der Waals surface area contributed by atoms with Gasteiger partial charge in [-0.2, -0.15) is 5.10 Å². The van der Waals surface area contributed by atoms with Crippen LogP contribution in [0.15, 0.2) is 4.47 Å². The Morgan fingerprint density at radius 2 is 2.00 bits per heavy atom. The molecule has 19 heavy (non-hydrogen) atoms. The number of aryl methyl sites for hydroxylation is 3. The van der Waals surface area contributed by atoms with Gasteiger partial charge >= 0.3 is 0 Å².